The second-order valence-electron chi connectivity index (χ2n) is 12.5. The van der Waals surface area contributed by atoms with Gasteiger partial charge in [0.15, 0.2) is 0 Å². The van der Waals surface area contributed by atoms with E-state index < -0.39 is 83.2 Å². The van der Waals surface area contributed by atoms with Gasteiger partial charge in [-0.05, 0) is 27.4 Å². The molecule has 0 saturated heterocycles. The molecule has 12 unspecified atom stereocenters. The largest absolute Gasteiger partial charge is 0.542 e. The van der Waals surface area contributed by atoms with Crippen LogP contribution in [0, 0.1) is 0 Å². The molecule has 18 nitrogen and oxygen atoms in total. The summed E-state index contributed by atoms with van der Waals surface area (Å²) < 4.78 is 62.4. The van der Waals surface area contributed by atoms with Crippen molar-refractivity contribution in [1.29, 1.82) is 0 Å². The Morgan fingerprint density at radius 3 is 0.379 bits per heavy atom. The highest BCUT2D eigenvalue weighted by molar-refractivity contribution is 7.39. The number of rotatable bonds is 12. The number of benzene rings is 6. The maximum Gasteiger partial charge on any atom is 0.542 e. The summed E-state index contributed by atoms with van der Waals surface area (Å²) in [5.74, 6) is -7.55. The quantitative estimate of drug-likeness (QED) is 0.0511. The maximum absolute atomic E-state index is 10.4. The lowest BCUT2D eigenvalue weighted by Crippen LogP contribution is -1.89. The summed E-state index contributed by atoms with van der Waals surface area (Å²) in [6.07, 6.45) is 0. The van der Waals surface area contributed by atoms with Crippen LogP contribution in [-0.2, 0) is 27.4 Å². The van der Waals surface area contributed by atoms with Crippen molar-refractivity contribution in [2.75, 3.05) is 0 Å². The number of hydrogen-bond donors (Lipinski definition) is 12. The highest BCUT2D eigenvalue weighted by atomic mass is 31.1. The zero-order valence-corrected chi connectivity index (χ0v) is 39.7. The Bertz CT molecular complexity index is 1910. The zero-order valence-electron chi connectivity index (χ0n) is 34.3. The molecule has 348 valence electrons. The van der Waals surface area contributed by atoms with Crippen LogP contribution in [0.15, 0.2) is 182 Å². The normalized spacial score (nSPS) is 14.2. The summed E-state index contributed by atoms with van der Waals surface area (Å²) in [6, 6.07) is 50.4. The molecular weight excluding hydrogens is 978 g/mol. The second kappa shape index (κ2) is 33.8. The topological polar surface area (TPSA) is 345 Å². The van der Waals surface area contributed by atoms with Crippen LogP contribution in [0.2, 0.25) is 0 Å². The van der Waals surface area contributed by atoms with Gasteiger partial charge in [-0.2, -0.15) is 29.4 Å². The van der Waals surface area contributed by atoms with Crippen molar-refractivity contribution in [1.82, 2.24) is 0 Å². The van der Waals surface area contributed by atoms with E-state index in [-0.39, 0.29) is 0 Å². The third-order valence-electron chi connectivity index (χ3n) is 7.84. The SMILES string of the molecule is O=[P+](O)C(O)c1ccccc1.O=[P+](O)C(O)c1ccccc1.O=[P+](O)C(O)c1ccccc1.O=[P+](O)C(O)c1ccccc1.O=[P+](O)C(O)c1ccccc1.O=[P+](O)C(O)c1ccccc1. The molecule has 0 aromatic heterocycles. The highest BCUT2D eigenvalue weighted by Crippen LogP contribution is 2.37. The van der Waals surface area contributed by atoms with Crippen LogP contribution in [-0.4, -0.2) is 60.0 Å². The van der Waals surface area contributed by atoms with Gasteiger partial charge in [-0.3, -0.25) is 0 Å². The first kappa shape index (κ1) is 59.5. The summed E-state index contributed by atoms with van der Waals surface area (Å²) in [5, 5.41) is 54.4. The Morgan fingerprint density at radius 2 is 0.303 bits per heavy atom. The Kier molecular flexibility index (Phi) is 30.5. The predicted molar refractivity (Wildman–Crippen MR) is 247 cm³/mol. The first-order valence-corrected chi connectivity index (χ1v) is 26.3. The van der Waals surface area contributed by atoms with E-state index in [4.69, 9.17) is 60.0 Å². The van der Waals surface area contributed by atoms with Gasteiger partial charge in [0.25, 0.3) is 0 Å². The van der Waals surface area contributed by atoms with E-state index in [2.05, 4.69) is 0 Å². The van der Waals surface area contributed by atoms with Gasteiger partial charge < -0.3 is 30.6 Å². The molecule has 0 aliphatic heterocycles. The lowest BCUT2D eigenvalue weighted by Gasteiger charge is -1.94. The van der Waals surface area contributed by atoms with Crippen LogP contribution < -0.4 is 0 Å². The van der Waals surface area contributed by atoms with Crippen molar-refractivity contribution in [2.45, 2.75) is 35.1 Å². The molecule has 0 bridgehead atoms. The minimum absolute atomic E-state index is 0.469. The number of hydrogen-bond acceptors (Lipinski definition) is 12. The Morgan fingerprint density at radius 1 is 0.212 bits per heavy atom. The summed E-state index contributed by atoms with van der Waals surface area (Å²) in [5.41, 5.74) is 2.81. The van der Waals surface area contributed by atoms with Crippen LogP contribution in [0.5, 0.6) is 0 Å². The van der Waals surface area contributed by atoms with Crippen molar-refractivity contribution >= 4 is 48.2 Å². The maximum atomic E-state index is 10.4. The van der Waals surface area contributed by atoms with Gasteiger partial charge in [0, 0.05) is 33.4 Å². The van der Waals surface area contributed by atoms with Gasteiger partial charge in [-0.25, -0.2) is 0 Å². The van der Waals surface area contributed by atoms with E-state index in [1.165, 1.54) is 0 Å². The average Bonchev–Trinajstić information content (AvgIpc) is 3.35. The van der Waals surface area contributed by atoms with Gasteiger partial charge in [-0.1, -0.05) is 182 Å². The molecule has 66 heavy (non-hydrogen) atoms. The fourth-order valence-electron chi connectivity index (χ4n) is 4.52. The number of aliphatic hydroxyl groups excluding tert-OH is 6. The molecule has 0 amide bonds. The fourth-order valence-corrected chi connectivity index (χ4v) is 7.08. The molecule has 0 saturated carbocycles. The molecule has 24 heteroatoms. The molecule has 0 aliphatic rings. The van der Waals surface area contributed by atoms with E-state index in [1.54, 1.807) is 182 Å². The lowest BCUT2D eigenvalue weighted by molar-refractivity contribution is 0.243. The van der Waals surface area contributed by atoms with Crippen LogP contribution >= 0.6 is 48.2 Å². The van der Waals surface area contributed by atoms with Crippen molar-refractivity contribution in [3.05, 3.63) is 215 Å². The molecule has 12 N–H and O–H groups in total. The van der Waals surface area contributed by atoms with E-state index in [0.29, 0.717) is 33.4 Å². The fraction of sp³-hybridized carbons (Fsp3) is 0.143. The van der Waals surface area contributed by atoms with Crippen molar-refractivity contribution in [3.8, 4) is 0 Å². The first-order chi connectivity index (χ1) is 31.3. The molecule has 0 heterocycles. The van der Waals surface area contributed by atoms with Crippen LogP contribution in [0.25, 0.3) is 0 Å². The van der Waals surface area contributed by atoms with Crippen molar-refractivity contribution in [2.24, 2.45) is 0 Å². The summed E-state index contributed by atoms with van der Waals surface area (Å²) in [4.78, 5) is 51.2. The Balaban J connectivity index is 0.000000396. The van der Waals surface area contributed by atoms with Gasteiger partial charge in [0.05, 0.1) is 0 Å². The van der Waals surface area contributed by atoms with Gasteiger partial charge in [-0.15, -0.1) is 0 Å². The molecule has 6 aromatic carbocycles. The molecule has 0 radical (unpaired) electrons. The van der Waals surface area contributed by atoms with Crippen molar-refractivity contribution < 1.29 is 87.4 Å². The van der Waals surface area contributed by atoms with Crippen molar-refractivity contribution in [3.63, 3.8) is 0 Å². The Labute approximate surface area is 384 Å². The zero-order chi connectivity index (χ0) is 49.6. The molecule has 12 atom stereocenters. The standard InChI is InChI=1S/6C7H7O3P/c6*8-7(11(9)10)6-4-2-1-3-5-6/h6*1-5,7-8H/p+6. The van der Waals surface area contributed by atoms with E-state index >= 15 is 0 Å². The molecule has 6 rings (SSSR count). The molecule has 6 aromatic rings. The Hall–Kier alpha value is -4.56. The third kappa shape index (κ3) is 24.3. The summed E-state index contributed by atoms with van der Waals surface area (Å²) in [6.45, 7) is 0. The summed E-state index contributed by atoms with van der Waals surface area (Å²) in [7, 11) is -15.2. The molecular formula is C42H48O18P6+6. The monoisotopic (exact) mass is 1030 g/mol. The van der Waals surface area contributed by atoms with Gasteiger partial charge in [0.2, 0.25) is 0 Å². The smallest absolute Gasteiger partial charge is 0.345 e. The minimum Gasteiger partial charge on any atom is -0.345 e. The molecule has 0 spiro atoms. The molecule has 0 fully saturated rings. The van der Waals surface area contributed by atoms with E-state index in [9.17, 15) is 27.4 Å². The van der Waals surface area contributed by atoms with Gasteiger partial charge in [0.1, 0.15) is 0 Å². The second-order valence-corrected chi connectivity index (χ2v) is 19.1. The minimum atomic E-state index is -2.53. The average molecular weight is 1030 g/mol. The molecule has 0 aliphatic carbocycles. The van der Waals surface area contributed by atoms with Crippen LogP contribution in [0.4, 0.5) is 0 Å². The highest BCUT2D eigenvalue weighted by Gasteiger charge is 2.30. The predicted octanol–water partition coefficient (Wildman–Crippen LogP) is 8.47. The lowest BCUT2D eigenvalue weighted by atomic mass is 10.2. The number of aliphatic hydroxyl groups is 6. The van der Waals surface area contributed by atoms with Gasteiger partial charge >= 0.3 is 83.2 Å². The summed E-state index contributed by atoms with van der Waals surface area (Å²) >= 11 is 0. The first-order valence-electron chi connectivity index (χ1n) is 18.6. The van der Waals surface area contributed by atoms with Crippen LogP contribution in [0.1, 0.15) is 68.5 Å². The van der Waals surface area contributed by atoms with Crippen LogP contribution in [0.3, 0.4) is 0 Å². The van der Waals surface area contributed by atoms with E-state index in [0.717, 1.165) is 0 Å². The van der Waals surface area contributed by atoms with E-state index in [1.807, 2.05) is 0 Å². The third-order valence-corrected chi connectivity index (χ3v) is 12.1.